The highest BCUT2D eigenvalue weighted by atomic mass is 79.9. The first-order chi connectivity index (χ1) is 12.1. The van der Waals surface area contributed by atoms with Gasteiger partial charge in [-0.25, -0.2) is 13.2 Å². The number of fused-ring (bicyclic) bond motifs is 1. The van der Waals surface area contributed by atoms with Crippen LogP contribution in [0, 0.1) is 5.82 Å². The molecule has 0 saturated heterocycles. The summed E-state index contributed by atoms with van der Waals surface area (Å²) < 4.78 is 59.2. The molecule has 8 heteroatoms. The monoisotopic (exact) mass is 448 g/mol. The molecule has 0 bridgehead atoms. The number of alkyl halides is 2. The maximum atomic E-state index is 14.1. The molecule has 142 valence electrons. The predicted molar refractivity (Wildman–Crippen MR) is 103 cm³/mol. The van der Waals surface area contributed by atoms with Crippen molar-refractivity contribution < 1.29 is 17.7 Å². The third kappa shape index (κ3) is 3.68. The lowest BCUT2D eigenvalue weighted by molar-refractivity contribution is 0.226. The molecule has 1 heterocycles. The van der Waals surface area contributed by atoms with Gasteiger partial charge < -0.3 is 9.12 Å². The number of halogens is 4. The van der Waals surface area contributed by atoms with Gasteiger partial charge in [0.05, 0.1) is 9.99 Å². The van der Waals surface area contributed by atoms with Crippen LogP contribution in [-0.4, -0.2) is 26.0 Å². The Morgan fingerprint density at radius 1 is 1.35 bits per heavy atom. The Bertz CT molecular complexity index is 856. The van der Waals surface area contributed by atoms with E-state index in [4.69, 9.17) is 0 Å². The predicted octanol–water partition coefficient (Wildman–Crippen LogP) is 5.78. The van der Waals surface area contributed by atoms with Gasteiger partial charge in [-0.1, -0.05) is 4.40 Å². The van der Waals surface area contributed by atoms with E-state index in [1.807, 2.05) is 4.57 Å². The van der Waals surface area contributed by atoms with E-state index < -0.39 is 34.1 Å². The van der Waals surface area contributed by atoms with Gasteiger partial charge in [-0.15, -0.1) is 0 Å². The van der Waals surface area contributed by atoms with Gasteiger partial charge >= 0.3 is 0 Å². The van der Waals surface area contributed by atoms with Crippen LogP contribution in [0.3, 0.4) is 0 Å². The van der Waals surface area contributed by atoms with Crippen LogP contribution in [0.2, 0.25) is 0 Å². The van der Waals surface area contributed by atoms with Gasteiger partial charge in [0.25, 0.3) is 6.43 Å². The maximum absolute atomic E-state index is 14.1. The average Bonchev–Trinajstić information content (AvgIpc) is 2.80. The molecule has 1 aromatic heterocycles. The van der Waals surface area contributed by atoms with E-state index >= 15 is 0 Å². The summed E-state index contributed by atoms with van der Waals surface area (Å²) in [7, 11) is 0. The first-order valence-corrected chi connectivity index (χ1v) is 10.3. The summed E-state index contributed by atoms with van der Waals surface area (Å²) in [5.41, 5.74) is 0.266. The second-order valence-corrected chi connectivity index (χ2v) is 10.2. The summed E-state index contributed by atoms with van der Waals surface area (Å²) in [6.45, 7) is 5.01. The normalized spacial score (nSPS) is 17.8. The quantitative estimate of drug-likeness (QED) is 0.431. The standard InChI is InChI=1S/C18H20BrF3N2OS/c1-18(2,3)26(25)23-16(17(21)22)12-9-24(10-5-4-6-10)15-8-13(19)14(20)7-11(12)15/h7-10,17H,4-6H2,1-3H3/b23-16+/t26-/m0/s1. The van der Waals surface area contributed by atoms with Gasteiger partial charge in [-0.3, -0.25) is 0 Å². The summed E-state index contributed by atoms with van der Waals surface area (Å²) in [5.74, 6) is -0.532. The molecule has 1 aliphatic carbocycles. The van der Waals surface area contributed by atoms with Crippen molar-refractivity contribution in [2.75, 3.05) is 0 Å². The molecule has 1 aromatic carbocycles. The van der Waals surface area contributed by atoms with Crippen molar-refractivity contribution in [1.29, 1.82) is 0 Å². The molecule has 3 rings (SSSR count). The van der Waals surface area contributed by atoms with Gasteiger partial charge in [-0.05, 0) is 68.1 Å². The van der Waals surface area contributed by atoms with Gasteiger partial charge in [-0.2, -0.15) is 0 Å². The van der Waals surface area contributed by atoms with E-state index in [9.17, 15) is 17.7 Å². The molecule has 26 heavy (non-hydrogen) atoms. The zero-order valence-corrected chi connectivity index (χ0v) is 17.1. The summed E-state index contributed by atoms with van der Waals surface area (Å²) in [5, 5.41) is 0.363. The summed E-state index contributed by atoms with van der Waals surface area (Å²) in [4.78, 5) is 0. The van der Waals surface area contributed by atoms with Crippen LogP contribution in [0.5, 0.6) is 0 Å². The van der Waals surface area contributed by atoms with Crippen molar-refractivity contribution in [2.45, 2.75) is 57.2 Å². The van der Waals surface area contributed by atoms with E-state index in [1.165, 1.54) is 6.07 Å². The molecule has 0 N–H and O–H groups in total. The van der Waals surface area contributed by atoms with Gasteiger partial charge in [0.1, 0.15) is 21.9 Å². The van der Waals surface area contributed by atoms with Crippen molar-refractivity contribution in [3.05, 3.63) is 34.2 Å². The van der Waals surface area contributed by atoms with Gasteiger partial charge in [0.15, 0.2) is 5.71 Å². The fourth-order valence-electron chi connectivity index (χ4n) is 2.85. The number of nitrogens with zero attached hydrogens (tertiary/aromatic N) is 2. The molecule has 2 aromatic rings. The summed E-state index contributed by atoms with van der Waals surface area (Å²) >= 11 is 1.33. The minimum Gasteiger partial charge on any atom is -0.591 e. The maximum Gasteiger partial charge on any atom is 0.285 e. The Morgan fingerprint density at radius 3 is 2.50 bits per heavy atom. The molecule has 0 aliphatic heterocycles. The number of rotatable bonds is 4. The highest BCUT2D eigenvalue weighted by Crippen LogP contribution is 2.38. The zero-order chi connectivity index (χ0) is 19.2. The number of aromatic nitrogens is 1. The van der Waals surface area contributed by atoms with Crippen LogP contribution in [0.1, 0.15) is 51.6 Å². The minimum absolute atomic E-state index is 0.144. The third-order valence-electron chi connectivity index (χ3n) is 4.53. The molecule has 0 radical (unpaired) electrons. The van der Waals surface area contributed by atoms with E-state index in [-0.39, 0.29) is 16.1 Å². The molecule has 1 aliphatic rings. The molecule has 0 amide bonds. The van der Waals surface area contributed by atoms with Crippen LogP contribution >= 0.6 is 15.9 Å². The van der Waals surface area contributed by atoms with Crippen LogP contribution in [0.4, 0.5) is 13.2 Å². The Hall–Kier alpha value is -0.990. The Morgan fingerprint density at radius 2 is 2.00 bits per heavy atom. The molecule has 0 spiro atoms. The van der Waals surface area contributed by atoms with Crippen molar-refractivity contribution >= 4 is 43.9 Å². The van der Waals surface area contributed by atoms with Crippen LogP contribution < -0.4 is 0 Å². The van der Waals surface area contributed by atoms with Crippen molar-refractivity contribution in [3.8, 4) is 0 Å². The Kier molecular flexibility index (Phi) is 5.48. The zero-order valence-electron chi connectivity index (χ0n) is 14.7. The van der Waals surface area contributed by atoms with Crippen LogP contribution in [0.25, 0.3) is 10.9 Å². The molecular formula is C18H20BrF3N2OS. The Labute approximate surface area is 162 Å². The highest BCUT2D eigenvalue weighted by Gasteiger charge is 2.32. The molecule has 1 saturated carbocycles. The lowest BCUT2D eigenvalue weighted by atomic mass is 9.93. The first kappa shape index (κ1) is 19.8. The van der Waals surface area contributed by atoms with E-state index in [0.29, 0.717) is 10.9 Å². The molecular weight excluding hydrogens is 429 g/mol. The first-order valence-electron chi connectivity index (χ1n) is 8.38. The Balaban J connectivity index is 2.21. The number of benzene rings is 1. The smallest absolute Gasteiger partial charge is 0.285 e. The van der Waals surface area contributed by atoms with Gasteiger partial charge in [0, 0.05) is 23.2 Å². The third-order valence-corrected chi connectivity index (χ3v) is 6.55. The molecule has 3 nitrogen and oxygen atoms in total. The SMILES string of the molecule is CC(C)(C)[S@+]([O-])/N=C(\c1cn(C2CCC2)c2cc(Br)c(F)cc12)C(F)F. The largest absolute Gasteiger partial charge is 0.591 e. The van der Waals surface area contributed by atoms with Crippen LogP contribution in [-0.2, 0) is 11.4 Å². The molecule has 1 atom stereocenters. The molecule has 1 fully saturated rings. The lowest BCUT2D eigenvalue weighted by Crippen LogP contribution is -2.28. The number of hydrogen-bond donors (Lipinski definition) is 0. The molecule has 0 unspecified atom stereocenters. The van der Waals surface area contributed by atoms with Crippen molar-refractivity contribution in [2.24, 2.45) is 4.40 Å². The fourth-order valence-corrected chi connectivity index (χ4v) is 3.81. The minimum atomic E-state index is -2.91. The second kappa shape index (κ2) is 7.20. The van der Waals surface area contributed by atoms with Crippen molar-refractivity contribution in [1.82, 2.24) is 4.57 Å². The fraction of sp³-hybridized carbons (Fsp3) is 0.500. The van der Waals surface area contributed by atoms with Crippen LogP contribution in [0.15, 0.2) is 27.2 Å². The van der Waals surface area contributed by atoms with Gasteiger partial charge in [0.2, 0.25) is 0 Å². The second-order valence-electron chi connectivity index (χ2n) is 7.46. The van der Waals surface area contributed by atoms with E-state index in [2.05, 4.69) is 20.3 Å². The summed E-state index contributed by atoms with van der Waals surface area (Å²) in [6.07, 6.45) is 1.67. The topological polar surface area (TPSA) is 40.4 Å². The number of hydrogen-bond acceptors (Lipinski definition) is 2. The summed E-state index contributed by atoms with van der Waals surface area (Å²) in [6, 6.07) is 3.05. The van der Waals surface area contributed by atoms with Crippen molar-refractivity contribution in [3.63, 3.8) is 0 Å². The highest BCUT2D eigenvalue weighted by molar-refractivity contribution is 9.10. The van der Waals surface area contributed by atoms with E-state index in [1.54, 1.807) is 33.0 Å². The lowest BCUT2D eigenvalue weighted by Gasteiger charge is -2.28. The van der Waals surface area contributed by atoms with E-state index in [0.717, 1.165) is 19.3 Å². The average molecular weight is 449 g/mol.